The molecule has 2 aliphatic heterocycles. The first kappa shape index (κ1) is 17.8. The molecule has 8 heteroatoms. The van der Waals surface area contributed by atoms with Crippen LogP contribution in [0.15, 0.2) is 30.5 Å². The van der Waals surface area contributed by atoms with E-state index in [1.807, 2.05) is 36.0 Å². The summed E-state index contributed by atoms with van der Waals surface area (Å²) in [7, 11) is 4.99. The van der Waals surface area contributed by atoms with Crippen LogP contribution in [0.5, 0.6) is 11.5 Å². The summed E-state index contributed by atoms with van der Waals surface area (Å²) in [5.74, 6) is 1.19. The summed E-state index contributed by atoms with van der Waals surface area (Å²) in [5, 5.41) is 2.79. The molecule has 27 heavy (non-hydrogen) atoms. The van der Waals surface area contributed by atoms with Gasteiger partial charge in [-0.15, -0.1) is 11.8 Å². The van der Waals surface area contributed by atoms with Gasteiger partial charge >= 0.3 is 0 Å². The van der Waals surface area contributed by atoms with Crippen LogP contribution in [0.2, 0.25) is 0 Å². The first-order valence-electron chi connectivity index (χ1n) is 8.64. The average Bonchev–Trinajstić information content (AvgIpc) is 3.36. The van der Waals surface area contributed by atoms with Crippen LogP contribution in [0.25, 0.3) is 0 Å². The van der Waals surface area contributed by atoms with Crippen LogP contribution in [-0.2, 0) is 18.4 Å². The van der Waals surface area contributed by atoms with Gasteiger partial charge in [0, 0.05) is 30.3 Å². The minimum atomic E-state index is -0.504. The van der Waals surface area contributed by atoms with Gasteiger partial charge in [0.15, 0.2) is 11.5 Å². The standard InChI is InChI=1S/C19H21N3O4S/c1-21-8-4-5-11(21)9-20-17(23)13-10-27-19-12-6-7-14(25-2)16(26-3)15(12)18(24)22(13)19/h4-8,13,19H,9-10H2,1-3H3,(H,20,23)/t13-,19-/m0/s1. The smallest absolute Gasteiger partial charge is 0.260 e. The molecular weight excluding hydrogens is 366 g/mol. The number of aryl methyl sites for hydroxylation is 1. The maximum absolute atomic E-state index is 13.1. The van der Waals surface area contributed by atoms with E-state index in [4.69, 9.17) is 9.47 Å². The van der Waals surface area contributed by atoms with Crippen LogP contribution >= 0.6 is 11.8 Å². The zero-order valence-electron chi connectivity index (χ0n) is 15.4. The monoisotopic (exact) mass is 387 g/mol. The number of thioether (sulfide) groups is 1. The summed E-state index contributed by atoms with van der Waals surface area (Å²) < 4.78 is 12.7. The quantitative estimate of drug-likeness (QED) is 0.849. The lowest BCUT2D eigenvalue weighted by molar-refractivity contribution is -0.124. The van der Waals surface area contributed by atoms with Crippen molar-refractivity contribution in [1.29, 1.82) is 0 Å². The number of rotatable bonds is 5. The Balaban J connectivity index is 1.57. The minimum Gasteiger partial charge on any atom is -0.493 e. The third kappa shape index (κ3) is 2.75. The number of carbonyl (C=O) groups excluding carboxylic acids is 2. The molecule has 0 unspecified atom stereocenters. The molecule has 2 atom stereocenters. The molecule has 0 saturated carbocycles. The number of carbonyl (C=O) groups is 2. The van der Waals surface area contributed by atoms with Crippen molar-refractivity contribution in [3.8, 4) is 11.5 Å². The van der Waals surface area contributed by atoms with E-state index in [1.165, 1.54) is 7.11 Å². The largest absolute Gasteiger partial charge is 0.493 e. The van der Waals surface area contributed by atoms with E-state index in [2.05, 4.69) is 5.32 Å². The zero-order valence-corrected chi connectivity index (χ0v) is 16.2. The Morgan fingerprint density at radius 2 is 2.11 bits per heavy atom. The topological polar surface area (TPSA) is 72.8 Å². The first-order valence-corrected chi connectivity index (χ1v) is 9.68. The SMILES string of the molecule is COc1ccc2c(c1OC)C(=O)N1[C@H](C(=O)NCc3cccn3C)CS[C@@H]21. The Labute approximate surface area is 161 Å². The summed E-state index contributed by atoms with van der Waals surface area (Å²) in [4.78, 5) is 27.6. The molecule has 1 aromatic carbocycles. The molecule has 0 aliphatic carbocycles. The summed E-state index contributed by atoms with van der Waals surface area (Å²) in [6.45, 7) is 0.431. The van der Waals surface area contributed by atoms with Crippen LogP contribution < -0.4 is 14.8 Å². The highest BCUT2D eigenvalue weighted by Crippen LogP contribution is 2.52. The first-order chi connectivity index (χ1) is 13.1. The van der Waals surface area contributed by atoms with Gasteiger partial charge < -0.3 is 24.3 Å². The van der Waals surface area contributed by atoms with Gasteiger partial charge in [0.2, 0.25) is 5.91 Å². The highest BCUT2D eigenvalue weighted by atomic mass is 32.2. The maximum atomic E-state index is 13.1. The molecule has 142 valence electrons. The number of nitrogens with one attached hydrogen (secondary N) is 1. The van der Waals surface area contributed by atoms with Gasteiger partial charge in [0.1, 0.15) is 11.4 Å². The van der Waals surface area contributed by atoms with E-state index in [9.17, 15) is 9.59 Å². The summed E-state index contributed by atoms with van der Waals surface area (Å²) in [6, 6.07) is 7.08. The van der Waals surface area contributed by atoms with E-state index < -0.39 is 6.04 Å². The highest BCUT2D eigenvalue weighted by Gasteiger charge is 2.50. The lowest BCUT2D eigenvalue weighted by Crippen LogP contribution is -2.45. The van der Waals surface area contributed by atoms with Crippen molar-refractivity contribution >= 4 is 23.6 Å². The molecule has 0 radical (unpaired) electrons. The molecule has 1 N–H and O–H groups in total. The zero-order chi connectivity index (χ0) is 19.1. The maximum Gasteiger partial charge on any atom is 0.260 e. The van der Waals surface area contributed by atoms with Gasteiger partial charge in [-0.2, -0.15) is 0 Å². The fourth-order valence-electron chi connectivity index (χ4n) is 3.67. The minimum absolute atomic E-state index is 0.140. The summed E-state index contributed by atoms with van der Waals surface area (Å²) in [5.41, 5.74) is 2.38. The predicted molar refractivity (Wildman–Crippen MR) is 102 cm³/mol. The molecule has 0 bridgehead atoms. The van der Waals surface area contributed by atoms with Gasteiger partial charge in [-0.1, -0.05) is 6.07 Å². The summed E-state index contributed by atoms with van der Waals surface area (Å²) >= 11 is 1.60. The second kappa shape index (κ2) is 6.84. The molecular formula is C19H21N3O4S. The van der Waals surface area contributed by atoms with Crippen molar-refractivity contribution in [1.82, 2.24) is 14.8 Å². The van der Waals surface area contributed by atoms with E-state index >= 15 is 0 Å². The van der Waals surface area contributed by atoms with Crippen molar-refractivity contribution < 1.29 is 19.1 Å². The Morgan fingerprint density at radius 3 is 2.78 bits per heavy atom. The Hall–Kier alpha value is -2.61. The molecule has 4 rings (SSSR count). The molecule has 1 fully saturated rings. The number of ether oxygens (including phenoxy) is 2. The highest BCUT2D eigenvalue weighted by molar-refractivity contribution is 7.99. The van der Waals surface area contributed by atoms with Gasteiger partial charge in [-0.25, -0.2) is 0 Å². The van der Waals surface area contributed by atoms with Gasteiger partial charge in [-0.05, 0) is 18.2 Å². The number of amides is 2. The van der Waals surface area contributed by atoms with Crippen LogP contribution in [0, 0.1) is 0 Å². The number of methoxy groups -OCH3 is 2. The van der Waals surface area contributed by atoms with Crippen LogP contribution in [0.3, 0.4) is 0 Å². The number of fused-ring (bicyclic) bond motifs is 3. The van der Waals surface area contributed by atoms with Crippen molar-refractivity contribution in [2.45, 2.75) is 18.0 Å². The second-order valence-electron chi connectivity index (χ2n) is 6.51. The molecule has 2 aliphatic rings. The number of hydrogen-bond acceptors (Lipinski definition) is 5. The normalized spacial score (nSPS) is 20.4. The summed E-state index contributed by atoms with van der Waals surface area (Å²) in [6.07, 6.45) is 1.93. The lowest BCUT2D eigenvalue weighted by Gasteiger charge is -2.22. The molecule has 2 amide bonds. The third-order valence-corrected chi connectivity index (χ3v) is 6.40. The molecule has 1 saturated heterocycles. The average molecular weight is 387 g/mol. The van der Waals surface area contributed by atoms with Crippen molar-refractivity contribution in [2.24, 2.45) is 7.05 Å². The Bertz CT molecular complexity index is 910. The third-order valence-electron chi connectivity index (χ3n) is 5.09. The molecule has 1 aromatic heterocycles. The molecule has 2 aromatic rings. The van der Waals surface area contributed by atoms with Gasteiger partial charge in [-0.3, -0.25) is 9.59 Å². The number of aromatic nitrogens is 1. The van der Waals surface area contributed by atoms with E-state index in [-0.39, 0.29) is 17.2 Å². The van der Waals surface area contributed by atoms with E-state index in [0.717, 1.165) is 11.3 Å². The van der Waals surface area contributed by atoms with Crippen LogP contribution in [0.1, 0.15) is 27.0 Å². The van der Waals surface area contributed by atoms with E-state index in [0.29, 0.717) is 29.4 Å². The van der Waals surface area contributed by atoms with Crippen LogP contribution in [-0.4, -0.2) is 47.3 Å². The fraction of sp³-hybridized carbons (Fsp3) is 0.368. The fourth-order valence-corrected chi connectivity index (χ4v) is 5.13. The molecule has 0 spiro atoms. The lowest BCUT2D eigenvalue weighted by atomic mass is 10.1. The number of hydrogen-bond donors (Lipinski definition) is 1. The van der Waals surface area contributed by atoms with Crippen LogP contribution in [0.4, 0.5) is 0 Å². The van der Waals surface area contributed by atoms with Crippen molar-refractivity contribution in [3.63, 3.8) is 0 Å². The number of nitrogens with zero attached hydrogens (tertiary/aromatic N) is 2. The molecule has 3 heterocycles. The Kier molecular flexibility index (Phi) is 4.51. The van der Waals surface area contributed by atoms with Gasteiger partial charge in [0.05, 0.1) is 26.3 Å². The Morgan fingerprint density at radius 1 is 1.30 bits per heavy atom. The van der Waals surface area contributed by atoms with Gasteiger partial charge in [0.25, 0.3) is 5.91 Å². The van der Waals surface area contributed by atoms with E-state index in [1.54, 1.807) is 29.8 Å². The number of benzene rings is 1. The van der Waals surface area contributed by atoms with Crippen molar-refractivity contribution in [3.05, 3.63) is 47.3 Å². The second-order valence-corrected chi connectivity index (χ2v) is 7.62. The van der Waals surface area contributed by atoms with Crippen molar-refractivity contribution in [2.75, 3.05) is 20.0 Å². The predicted octanol–water partition coefficient (Wildman–Crippen LogP) is 1.93. The molecule has 7 nitrogen and oxygen atoms in total.